The highest BCUT2D eigenvalue weighted by atomic mass is 35.5. The Balaban J connectivity index is 2.43. The van der Waals surface area contributed by atoms with Gasteiger partial charge in [-0.1, -0.05) is 35.3 Å². The van der Waals surface area contributed by atoms with Crippen LogP contribution in [0.1, 0.15) is 17.2 Å². The van der Waals surface area contributed by atoms with E-state index < -0.39 is 0 Å². The van der Waals surface area contributed by atoms with Gasteiger partial charge in [-0.15, -0.1) is 0 Å². The summed E-state index contributed by atoms with van der Waals surface area (Å²) in [5, 5.41) is 3.76. The number of aromatic nitrogens is 1. The van der Waals surface area contributed by atoms with E-state index in [0.29, 0.717) is 10.0 Å². The second kappa shape index (κ2) is 7.58. The summed E-state index contributed by atoms with van der Waals surface area (Å²) < 4.78 is 0. The minimum atomic E-state index is -0.184. The van der Waals surface area contributed by atoms with Gasteiger partial charge in [0, 0.05) is 29.5 Å². The van der Waals surface area contributed by atoms with E-state index in [9.17, 15) is 4.79 Å². The fourth-order valence-electron chi connectivity index (χ4n) is 2.33. The third kappa shape index (κ3) is 3.97. The number of benzene rings is 1. The Morgan fingerprint density at radius 2 is 2.14 bits per heavy atom. The number of carbonyl (C=O) groups excluding carboxylic acids is 1. The number of carbonyl (C=O) groups is 1. The van der Waals surface area contributed by atoms with Crippen molar-refractivity contribution in [1.29, 1.82) is 0 Å². The summed E-state index contributed by atoms with van der Waals surface area (Å²) in [5.41, 5.74) is 1.84. The molecule has 1 N–H and O–H groups in total. The van der Waals surface area contributed by atoms with E-state index in [0.717, 1.165) is 11.1 Å². The first-order chi connectivity index (χ1) is 10.5. The highest BCUT2D eigenvalue weighted by molar-refractivity contribution is 6.35. The van der Waals surface area contributed by atoms with Gasteiger partial charge in [0.05, 0.1) is 12.6 Å². The standard InChI is InChI=1S/C16H17Cl2N3O/c1-19-15(22)10-21(2)16(11-4-3-7-20-9-11)13-6-5-12(17)8-14(13)18/h3-9,16H,10H2,1-2H3,(H,19,22). The second-order valence-corrected chi connectivity index (χ2v) is 5.79. The molecule has 0 bridgehead atoms. The number of pyridine rings is 1. The Kier molecular flexibility index (Phi) is 5.77. The molecule has 1 unspecified atom stereocenters. The largest absolute Gasteiger partial charge is 0.358 e. The Labute approximate surface area is 140 Å². The highest BCUT2D eigenvalue weighted by Gasteiger charge is 2.23. The molecule has 1 aromatic carbocycles. The van der Waals surface area contributed by atoms with E-state index in [1.807, 2.05) is 30.1 Å². The summed E-state index contributed by atoms with van der Waals surface area (Å²) in [7, 11) is 3.49. The van der Waals surface area contributed by atoms with Crippen molar-refractivity contribution in [2.75, 3.05) is 20.6 Å². The van der Waals surface area contributed by atoms with E-state index in [2.05, 4.69) is 10.3 Å². The van der Waals surface area contributed by atoms with Crippen LogP contribution in [0.5, 0.6) is 0 Å². The Hall–Kier alpha value is -1.62. The van der Waals surface area contributed by atoms with Gasteiger partial charge in [-0.05, 0) is 36.4 Å². The molecule has 22 heavy (non-hydrogen) atoms. The van der Waals surface area contributed by atoms with Gasteiger partial charge < -0.3 is 5.32 Å². The summed E-state index contributed by atoms with van der Waals surface area (Å²) in [6.07, 6.45) is 3.48. The molecule has 4 nitrogen and oxygen atoms in total. The van der Waals surface area contributed by atoms with Gasteiger partial charge in [0.2, 0.25) is 5.91 Å². The lowest BCUT2D eigenvalue weighted by Crippen LogP contribution is -2.36. The van der Waals surface area contributed by atoms with Gasteiger partial charge in [-0.3, -0.25) is 14.7 Å². The lowest BCUT2D eigenvalue weighted by atomic mass is 9.98. The zero-order chi connectivity index (χ0) is 16.1. The summed E-state index contributed by atoms with van der Waals surface area (Å²) >= 11 is 12.3. The number of hydrogen-bond acceptors (Lipinski definition) is 3. The first kappa shape index (κ1) is 16.7. The predicted molar refractivity (Wildman–Crippen MR) is 89.2 cm³/mol. The number of halogens is 2. The van der Waals surface area contributed by atoms with Gasteiger partial charge in [0.1, 0.15) is 0 Å². The van der Waals surface area contributed by atoms with Gasteiger partial charge in [0.15, 0.2) is 0 Å². The van der Waals surface area contributed by atoms with Crippen LogP contribution in [0.25, 0.3) is 0 Å². The maximum absolute atomic E-state index is 11.7. The molecule has 2 aromatic rings. The summed E-state index contributed by atoms with van der Waals surface area (Å²) in [4.78, 5) is 17.8. The van der Waals surface area contributed by atoms with E-state index in [-0.39, 0.29) is 18.5 Å². The van der Waals surface area contributed by atoms with Crippen LogP contribution < -0.4 is 5.32 Å². The lowest BCUT2D eigenvalue weighted by molar-refractivity contribution is -0.121. The van der Waals surface area contributed by atoms with E-state index >= 15 is 0 Å². The average molecular weight is 338 g/mol. The fourth-order valence-corrected chi connectivity index (χ4v) is 2.84. The van der Waals surface area contributed by atoms with Crippen molar-refractivity contribution in [2.24, 2.45) is 0 Å². The summed E-state index contributed by atoms with van der Waals surface area (Å²) in [5.74, 6) is -0.0681. The normalized spacial score (nSPS) is 12.2. The predicted octanol–water partition coefficient (Wildman–Crippen LogP) is 3.16. The van der Waals surface area contributed by atoms with Crippen molar-refractivity contribution in [3.8, 4) is 0 Å². The molecular formula is C16H17Cl2N3O. The van der Waals surface area contributed by atoms with Crippen LogP contribution in [0.4, 0.5) is 0 Å². The Morgan fingerprint density at radius 3 is 2.73 bits per heavy atom. The third-order valence-electron chi connectivity index (χ3n) is 3.37. The van der Waals surface area contributed by atoms with Crippen molar-refractivity contribution < 1.29 is 4.79 Å². The van der Waals surface area contributed by atoms with Crippen molar-refractivity contribution in [2.45, 2.75) is 6.04 Å². The first-order valence-electron chi connectivity index (χ1n) is 6.78. The number of amides is 1. The van der Waals surface area contributed by atoms with Crippen LogP contribution in [-0.2, 0) is 4.79 Å². The number of rotatable bonds is 5. The summed E-state index contributed by atoms with van der Waals surface area (Å²) in [6, 6.07) is 9.01. The molecule has 0 spiro atoms. The molecule has 1 aromatic heterocycles. The van der Waals surface area contributed by atoms with Gasteiger partial charge in [-0.25, -0.2) is 0 Å². The zero-order valence-electron chi connectivity index (χ0n) is 12.4. The average Bonchev–Trinajstić information content (AvgIpc) is 2.50. The maximum atomic E-state index is 11.7. The van der Waals surface area contributed by atoms with Gasteiger partial charge in [0.25, 0.3) is 0 Å². The van der Waals surface area contributed by atoms with Gasteiger partial charge >= 0.3 is 0 Å². The number of nitrogens with zero attached hydrogens (tertiary/aromatic N) is 2. The zero-order valence-corrected chi connectivity index (χ0v) is 13.9. The van der Waals surface area contributed by atoms with Gasteiger partial charge in [-0.2, -0.15) is 0 Å². The molecule has 1 atom stereocenters. The minimum Gasteiger partial charge on any atom is -0.358 e. The van der Waals surface area contributed by atoms with Crippen LogP contribution in [0, 0.1) is 0 Å². The van der Waals surface area contributed by atoms with Crippen molar-refractivity contribution in [3.63, 3.8) is 0 Å². The van der Waals surface area contributed by atoms with Crippen molar-refractivity contribution >= 4 is 29.1 Å². The number of nitrogens with one attached hydrogen (secondary N) is 1. The molecular weight excluding hydrogens is 321 g/mol. The second-order valence-electron chi connectivity index (χ2n) is 4.94. The van der Waals surface area contributed by atoms with E-state index in [1.165, 1.54) is 0 Å². The molecule has 0 aliphatic heterocycles. The van der Waals surface area contributed by atoms with Crippen molar-refractivity contribution in [3.05, 3.63) is 63.9 Å². The molecule has 0 fully saturated rings. The first-order valence-corrected chi connectivity index (χ1v) is 7.54. The number of likely N-dealkylation sites (N-methyl/N-ethyl adjacent to an activating group) is 2. The van der Waals surface area contributed by atoms with Crippen LogP contribution in [0.15, 0.2) is 42.7 Å². The third-order valence-corrected chi connectivity index (χ3v) is 3.93. The smallest absolute Gasteiger partial charge is 0.233 e. The van der Waals surface area contributed by atoms with Crippen molar-refractivity contribution in [1.82, 2.24) is 15.2 Å². The summed E-state index contributed by atoms with van der Waals surface area (Å²) in [6.45, 7) is 0.245. The topological polar surface area (TPSA) is 45.2 Å². The molecule has 0 aliphatic rings. The van der Waals surface area contributed by atoms with E-state index in [1.54, 1.807) is 31.6 Å². The molecule has 0 radical (unpaired) electrons. The molecule has 1 heterocycles. The van der Waals surface area contributed by atoms with E-state index in [4.69, 9.17) is 23.2 Å². The van der Waals surface area contributed by atoms with Crippen LogP contribution in [0.3, 0.4) is 0 Å². The minimum absolute atomic E-state index is 0.0681. The Bertz CT molecular complexity index is 649. The molecule has 0 saturated carbocycles. The molecule has 6 heteroatoms. The molecule has 2 rings (SSSR count). The molecule has 0 saturated heterocycles. The SMILES string of the molecule is CNC(=O)CN(C)C(c1cccnc1)c1ccc(Cl)cc1Cl. The maximum Gasteiger partial charge on any atom is 0.233 e. The fraction of sp³-hybridized carbons (Fsp3) is 0.250. The quantitative estimate of drug-likeness (QED) is 0.911. The molecule has 1 amide bonds. The molecule has 0 aliphatic carbocycles. The Morgan fingerprint density at radius 1 is 1.36 bits per heavy atom. The number of hydrogen-bond donors (Lipinski definition) is 1. The van der Waals surface area contributed by atoms with Crippen LogP contribution in [-0.4, -0.2) is 36.4 Å². The van der Waals surface area contributed by atoms with Crippen LogP contribution in [0.2, 0.25) is 10.0 Å². The monoisotopic (exact) mass is 337 g/mol. The highest BCUT2D eigenvalue weighted by Crippen LogP contribution is 2.33. The lowest BCUT2D eigenvalue weighted by Gasteiger charge is -2.28. The van der Waals surface area contributed by atoms with Crippen LogP contribution >= 0.6 is 23.2 Å². The molecule has 116 valence electrons.